The van der Waals surface area contributed by atoms with Crippen LogP contribution in [0, 0.1) is 0 Å². The fraction of sp³-hybridized carbons (Fsp3) is 0.500. The van der Waals surface area contributed by atoms with E-state index in [1.807, 2.05) is 14.0 Å². The van der Waals surface area contributed by atoms with Crippen molar-refractivity contribution in [2.24, 2.45) is 0 Å². The largest absolute Gasteiger partial charge is 0.314 e. The highest BCUT2D eigenvalue weighted by Gasteiger charge is 1.96. The molecule has 1 N–H and O–H groups in total. The van der Waals surface area contributed by atoms with Crippen LogP contribution in [-0.4, -0.2) is 21.5 Å². The van der Waals surface area contributed by atoms with E-state index in [0.29, 0.717) is 0 Å². The summed E-state index contributed by atoms with van der Waals surface area (Å²) < 4.78 is 20.7. The lowest BCUT2D eigenvalue weighted by atomic mass is 10.2. The Morgan fingerprint density at radius 2 is 2.25 bits per heavy atom. The Labute approximate surface area is 75.1 Å². The van der Waals surface area contributed by atoms with E-state index in [1.54, 1.807) is 6.08 Å². The van der Waals surface area contributed by atoms with Crippen molar-refractivity contribution in [2.75, 3.05) is 7.05 Å². The maximum absolute atomic E-state index is 10.4. The molecule has 70 valence electrons. The van der Waals surface area contributed by atoms with Gasteiger partial charge in [-0.15, -0.1) is 0 Å². The van der Waals surface area contributed by atoms with Crippen molar-refractivity contribution in [3.05, 3.63) is 23.6 Å². The smallest absolute Gasteiger partial charge is 0.167 e. The average molecular weight is 189 g/mol. The first-order valence-electron chi connectivity index (χ1n) is 3.80. The maximum atomic E-state index is 10.4. The van der Waals surface area contributed by atoms with Crippen molar-refractivity contribution >= 4 is 10.7 Å². The molecule has 4 heteroatoms. The molecule has 0 aliphatic rings. The van der Waals surface area contributed by atoms with E-state index in [0.717, 1.165) is 6.42 Å². The maximum Gasteiger partial charge on any atom is 0.167 e. The second kappa shape index (κ2) is 5.97. The number of allylic oxidation sites excluding steroid dienone is 1. The Hall–Kier alpha value is -0.610. The molecule has 12 heavy (non-hydrogen) atoms. The van der Waals surface area contributed by atoms with E-state index in [4.69, 9.17) is 0 Å². The molecule has 0 bridgehead atoms. The number of hydrogen-bond donors (Lipinski definition) is 2. The van der Waals surface area contributed by atoms with Crippen LogP contribution in [0.1, 0.15) is 13.3 Å². The van der Waals surface area contributed by atoms with Crippen molar-refractivity contribution in [1.82, 2.24) is 5.32 Å². The third-order valence-corrected chi connectivity index (χ3v) is 2.18. The molecule has 0 aliphatic carbocycles. The highest BCUT2D eigenvalue weighted by atomic mass is 32.2. The lowest BCUT2D eigenvalue weighted by Gasteiger charge is -2.06. The summed E-state index contributed by atoms with van der Waals surface area (Å²) in [5.74, 6) is 0. The fourth-order valence-electron chi connectivity index (χ4n) is 0.725. The van der Waals surface area contributed by atoms with Crippen LogP contribution >= 0.6 is 0 Å². The summed E-state index contributed by atoms with van der Waals surface area (Å²) in [7, 11) is -0.680. The quantitative estimate of drug-likeness (QED) is 0.493. The van der Waals surface area contributed by atoms with Gasteiger partial charge in [-0.3, -0.25) is 0 Å². The van der Waals surface area contributed by atoms with E-state index in [2.05, 4.69) is 11.9 Å². The molecule has 1 atom stereocenters. The molecule has 0 saturated heterocycles. The predicted octanol–water partition coefficient (Wildman–Crippen LogP) is 0.666. The molecule has 0 aromatic heterocycles. The summed E-state index contributed by atoms with van der Waals surface area (Å²) >= 11 is 0. The van der Waals surface area contributed by atoms with Gasteiger partial charge in [0.1, 0.15) is 0 Å². The SMILES string of the molecule is C=C(/C=C\C(CC)NC)[SH](=O)=O. The summed E-state index contributed by atoms with van der Waals surface area (Å²) in [6.45, 7) is 5.40. The molecule has 0 rings (SSSR count). The van der Waals surface area contributed by atoms with Crippen LogP contribution in [0.4, 0.5) is 0 Å². The van der Waals surface area contributed by atoms with Crippen LogP contribution < -0.4 is 5.32 Å². The molecular weight excluding hydrogens is 174 g/mol. The number of thiol groups is 1. The van der Waals surface area contributed by atoms with Crippen molar-refractivity contribution in [3.8, 4) is 0 Å². The Morgan fingerprint density at radius 1 is 1.67 bits per heavy atom. The molecule has 0 fully saturated rings. The third-order valence-electron chi connectivity index (χ3n) is 1.57. The van der Waals surface area contributed by atoms with Gasteiger partial charge in [0, 0.05) is 6.04 Å². The second-order valence-electron chi connectivity index (χ2n) is 2.41. The van der Waals surface area contributed by atoms with Gasteiger partial charge >= 0.3 is 0 Å². The van der Waals surface area contributed by atoms with Crippen molar-refractivity contribution in [1.29, 1.82) is 0 Å². The molecule has 0 heterocycles. The Kier molecular flexibility index (Phi) is 5.66. The van der Waals surface area contributed by atoms with Crippen LogP contribution in [0.5, 0.6) is 0 Å². The number of nitrogens with one attached hydrogen (secondary N) is 1. The molecule has 0 spiro atoms. The van der Waals surface area contributed by atoms with Crippen LogP contribution in [0.3, 0.4) is 0 Å². The Balaban J connectivity index is 4.13. The molecule has 1 unspecified atom stereocenters. The van der Waals surface area contributed by atoms with Crippen LogP contribution in [0.25, 0.3) is 0 Å². The zero-order chi connectivity index (χ0) is 9.56. The summed E-state index contributed by atoms with van der Waals surface area (Å²) in [5.41, 5.74) is 0. The third kappa shape index (κ3) is 4.31. The van der Waals surface area contributed by atoms with Crippen LogP contribution in [0.2, 0.25) is 0 Å². The first kappa shape index (κ1) is 11.4. The number of hydrogen-bond acceptors (Lipinski definition) is 3. The molecule has 0 aromatic rings. The molecule has 0 amide bonds. The van der Waals surface area contributed by atoms with Gasteiger partial charge in [0.05, 0.1) is 4.91 Å². The number of likely N-dealkylation sites (N-methyl/N-ethyl adjacent to an activating group) is 1. The summed E-state index contributed by atoms with van der Waals surface area (Å²) in [4.78, 5) is 0.152. The van der Waals surface area contributed by atoms with Gasteiger partial charge in [-0.2, -0.15) is 0 Å². The minimum absolute atomic E-state index is 0.152. The van der Waals surface area contributed by atoms with E-state index in [1.165, 1.54) is 6.08 Å². The van der Waals surface area contributed by atoms with Crippen LogP contribution in [0.15, 0.2) is 23.6 Å². The van der Waals surface area contributed by atoms with E-state index in [-0.39, 0.29) is 10.9 Å². The molecular formula is C8H15NO2S. The van der Waals surface area contributed by atoms with Gasteiger partial charge in [0.15, 0.2) is 10.7 Å². The van der Waals surface area contributed by atoms with Gasteiger partial charge in [-0.05, 0) is 19.5 Å². The standard InChI is InChI=1S/C8H15NO2S/c1-4-8(9-3)6-5-7(2)12(10)11/h5-6,8-9,12H,2,4H2,1,3H3/b6-5-. The zero-order valence-corrected chi connectivity index (χ0v) is 8.30. The highest BCUT2D eigenvalue weighted by Crippen LogP contribution is 1.97. The summed E-state index contributed by atoms with van der Waals surface area (Å²) in [5, 5.41) is 3.02. The topological polar surface area (TPSA) is 46.2 Å². The molecule has 3 nitrogen and oxygen atoms in total. The van der Waals surface area contributed by atoms with Gasteiger partial charge in [-0.1, -0.05) is 19.6 Å². The van der Waals surface area contributed by atoms with Gasteiger partial charge in [0.2, 0.25) is 0 Å². The minimum atomic E-state index is -2.51. The van der Waals surface area contributed by atoms with Crippen molar-refractivity contribution < 1.29 is 8.42 Å². The summed E-state index contributed by atoms with van der Waals surface area (Å²) in [6.07, 6.45) is 4.25. The average Bonchev–Trinajstić information content (AvgIpc) is 2.05. The number of rotatable bonds is 5. The Morgan fingerprint density at radius 3 is 2.58 bits per heavy atom. The zero-order valence-electron chi connectivity index (χ0n) is 7.41. The molecule has 0 aromatic carbocycles. The predicted molar refractivity (Wildman–Crippen MR) is 51.7 cm³/mol. The minimum Gasteiger partial charge on any atom is -0.314 e. The lowest BCUT2D eigenvalue weighted by Crippen LogP contribution is -2.21. The van der Waals surface area contributed by atoms with Gasteiger partial charge in [-0.25, -0.2) is 8.42 Å². The van der Waals surface area contributed by atoms with Crippen molar-refractivity contribution in [2.45, 2.75) is 19.4 Å². The monoisotopic (exact) mass is 189 g/mol. The van der Waals surface area contributed by atoms with Gasteiger partial charge in [0.25, 0.3) is 0 Å². The summed E-state index contributed by atoms with van der Waals surface area (Å²) in [6, 6.07) is 0.219. The molecule has 0 aliphatic heterocycles. The lowest BCUT2D eigenvalue weighted by molar-refractivity contribution is 0.620. The van der Waals surface area contributed by atoms with Crippen molar-refractivity contribution in [3.63, 3.8) is 0 Å². The normalized spacial score (nSPS) is 13.9. The first-order valence-corrected chi connectivity index (χ1v) is 4.98. The molecule has 0 radical (unpaired) electrons. The first-order chi connectivity index (χ1) is 5.61. The second-order valence-corrected chi connectivity index (χ2v) is 3.50. The Bertz CT molecular complexity index is 231. The highest BCUT2D eigenvalue weighted by molar-refractivity contribution is 7.77. The van der Waals surface area contributed by atoms with Gasteiger partial charge < -0.3 is 5.32 Å². The fourth-order valence-corrected chi connectivity index (χ4v) is 0.932. The van der Waals surface area contributed by atoms with E-state index >= 15 is 0 Å². The van der Waals surface area contributed by atoms with E-state index < -0.39 is 10.7 Å². The van der Waals surface area contributed by atoms with Crippen LogP contribution in [-0.2, 0) is 10.7 Å². The molecule has 0 saturated carbocycles. The van der Waals surface area contributed by atoms with E-state index in [9.17, 15) is 8.42 Å².